The zero-order valence-corrected chi connectivity index (χ0v) is 17.0. The minimum atomic E-state index is -0.0443. The highest BCUT2D eigenvalue weighted by Gasteiger charge is 2.17. The largest absolute Gasteiger partial charge is 0.486 e. The van der Waals surface area contributed by atoms with Gasteiger partial charge in [0.1, 0.15) is 13.2 Å². The van der Waals surface area contributed by atoms with Gasteiger partial charge < -0.3 is 20.1 Å². The van der Waals surface area contributed by atoms with E-state index in [0.717, 1.165) is 0 Å². The molecule has 2 aromatic heterocycles. The molecule has 0 atom stereocenters. The third kappa shape index (κ3) is 4.19. The molecular formula is C18H21N7O3S. The Balaban J connectivity index is 1.50. The van der Waals surface area contributed by atoms with E-state index in [1.165, 1.54) is 11.8 Å². The average Bonchev–Trinajstić information content (AvgIpc) is 3.15. The molecule has 0 fully saturated rings. The number of thioether (sulfide) groups is 1. The Kier molecular flexibility index (Phi) is 5.65. The number of carbonyl (C=O) groups is 1. The fraction of sp³-hybridized carbons (Fsp3) is 0.389. The van der Waals surface area contributed by atoms with Gasteiger partial charge in [0, 0.05) is 18.7 Å². The van der Waals surface area contributed by atoms with E-state index < -0.39 is 0 Å². The molecule has 1 aliphatic rings. The van der Waals surface area contributed by atoms with Crippen LogP contribution < -0.4 is 20.1 Å². The van der Waals surface area contributed by atoms with Gasteiger partial charge in [0.2, 0.25) is 17.1 Å². The first-order valence-electron chi connectivity index (χ1n) is 9.36. The summed E-state index contributed by atoms with van der Waals surface area (Å²) in [6, 6.07) is 5.22. The number of nitrogens with one attached hydrogen (secondary N) is 2. The molecular weight excluding hydrogens is 394 g/mol. The van der Waals surface area contributed by atoms with Crippen LogP contribution in [-0.4, -0.2) is 62.4 Å². The first-order chi connectivity index (χ1) is 14.2. The fourth-order valence-corrected chi connectivity index (χ4v) is 3.48. The van der Waals surface area contributed by atoms with E-state index in [-0.39, 0.29) is 11.5 Å². The summed E-state index contributed by atoms with van der Waals surface area (Å²) in [6.45, 7) is 6.32. The van der Waals surface area contributed by atoms with Crippen LogP contribution in [0.15, 0.2) is 23.4 Å². The van der Waals surface area contributed by atoms with Crippen LogP contribution in [0, 0.1) is 0 Å². The van der Waals surface area contributed by atoms with E-state index in [0.29, 0.717) is 66.2 Å². The Bertz CT molecular complexity index is 1040. The molecule has 0 aliphatic carbocycles. The standard InChI is InChI=1S/C18H21N7O3S/c1-3-19-15-21-16(20-4-2)25-17(22-15)23-18(24-25)29-10-12(26)11-5-6-13-14(9-11)28-8-7-27-13/h5-6,9H,3-4,7-8,10H2,1-2H3,(H2,19,20,21,22,23,24). The molecule has 2 N–H and O–H groups in total. The van der Waals surface area contributed by atoms with Crippen LogP contribution >= 0.6 is 11.8 Å². The molecule has 0 spiro atoms. The Hall–Kier alpha value is -3.08. The van der Waals surface area contributed by atoms with E-state index >= 15 is 0 Å². The van der Waals surface area contributed by atoms with Crippen LogP contribution in [-0.2, 0) is 0 Å². The molecule has 0 radical (unpaired) electrons. The number of hydrogen-bond acceptors (Lipinski definition) is 10. The summed E-state index contributed by atoms with van der Waals surface area (Å²) in [5.41, 5.74) is 0.563. The van der Waals surface area contributed by atoms with Crippen molar-refractivity contribution in [2.24, 2.45) is 0 Å². The second-order valence-electron chi connectivity index (χ2n) is 6.11. The molecule has 152 valence electrons. The van der Waals surface area contributed by atoms with Gasteiger partial charge in [-0.15, -0.1) is 5.10 Å². The Morgan fingerprint density at radius 2 is 1.90 bits per heavy atom. The fourth-order valence-electron chi connectivity index (χ4n) is 2.77. The van der Waals surface area contributed by atoms with Crippen LogP contribution in [0.1, 0.15) is 24.2 Å². The summed E-state index contributed by atoms with van der Waals surface area (Å²) in [7, 11) is 0. The van der Waals surface area contributed by atoms with Crippen LogP contribution in [0.3, 0.4) is 0 Å². The maximum Gasteiger partial charge on any atom is 0.259 e. The summed E-state index contributed by atoms with van der Waals surface area (Å²) in [5.74, 6) is 2.85. The zero-order valence-electron chi connectivity index (χ0n) is 16.1. The van der Waals surface area contributed by atoms with Crippen molar-refractivity contribution < 1.29 is 14.3 Å². The van der Waals surface area contributed by atoms with E-state index in [9.17, 15) is 4.79 Å². The number of anilines is 2. The molecule has 4 rings (SSSR count). The second kappa shape index (κ2) is 8.52. The van der Waals surface area contributed by atoms with Crippen LogP contribution in [0.5, 0.6) is 11.5 Å². The molecule has 0 unspecified atom stereocenters. The molecule has 11 heteroatoms. The average molecular weight is 415 g/mol. The predicted octanol–water partition coefficient (Wildman–Crippen LogP) is 2.13. The lowest BCUT2D eigenvalue weighted by Gasteiger charge is -2.18. The zero-order chi connectivity index (χ0) is 20.2. The molecule has 3 heterocycles. The number of rotatable bonds is 8. The van der Waals surface area contributed by atoms with Crippen molar-refractivity contribution >= 4 is 35.2 Å². The van der Waals surface area contributed by atoms with Crippen LogP contribution in [0.25, 0.3) is 5.78 Å². The van der Waals surface area contributed by atoms with Gasteiger partial charge in [0.15, 0.2) is 17.3 Å². The quantitative estimate of drug-likeness (QED) is 0.419. The number of Topliss-reactive ketones (excluding diaryl/α,β-unsaturated/α-hetero) is 1. The first-order valence-corrected chi connectivity index (χ1v) is 10.3. The maximum absolute atomic E-state index is 12.6. The number of aromatic nitrogens is 5. The third-order valence-corrected chi connectivity index (χ3v) is 4.89. The van der Waals surface area contributed by atoms with Gasteiger partial charge in [-0.1, -0.05) is 11.8 Å². The maximum atomic E-state index is 12.6. The van der Waals surface area contributed by atoms with Crippen molar-refractivity contribution in [1.82, 2.24) is 24.6 Å². The van der Waals surface area contributed by atoms with Crippen molar-refractivity contribution in [1.29, 1.82) is 0 Å². The minimum Gasteiger partial charge on any atom is -0.486 e. The summed E-state index contributed by atoms with van der Waals surface area (Å²) < 4.78 is 12.6. The Morgan fingerprint density at radius 1 is 1.10 bits per heavy atom. The number of carbonyl (C=O) groups excluding carboxylic acids is 1. The normalized spacial score (nSPS) is 12.8. The molecule has 1 aliphatic heterocycles. The number of hydrogen-bond donors (Lipinski definition) is 2. The molecule has 3 aromatic rings. The number of benzene rings is 1. The highest BCUT2D eigenvalue weighted by Crippen LogP contribution is 2.31. The van der Waals surface area contributed by atoms with Crippen molar-refractivity contribution in [3.8, 4) is 11.5 Å². The first kappa shape index (κ1) is 19.2. The van der Waals surface area contributed by atoms with Gasteiger partial charge in [0.25, 0.3) is 5.78 Å². The van der Waals surface area contributed by atoms with Gasteiger partial charge >= 0.3 is 0 Å². The minimum absolute atomic E-state index is 0.0443. The number of ketones is 1. The third-order valence-electron chi connectivity index (χ3n) is 4.06. The Labute approximate surface area is 171 Å². The van der Waals surface area contributed by atoms with Crippen LogP contribution in [0.4, 0.5) is 11.9 Å². The van der Waals surface area contributed by atoms with E-state index in [1.54, 1.807) is 22.7 Å². The lowest BCUT2D eigenvalue weighted by atomic mass is 10.1. The van der Waals surface area contributed by atoms with E-state index in [4.69, 9.17) is 9.47 Å². The molecule has 29 heavy (non-hydrogen) atoms. The lowest BCUT2D eigenvalue weighted by Crippen LogP contribution is -2.16. The lowest BCUT2D eigenvalue weighted by molar-refractivity contribution is 0.102. The number of fused-ring (bicyclic) bond motifs is 2. The van der Waals surface area contributed by atoms with Crippen molar-refractivity contribution in [3.05, 3.63) is 23.8 Å². The summed E-state index contributed by atoms with van der Waals surface area (Å²) in [4.78, 5) is 25.8. The number of nitrogens with zero attached hydrogens (tertiary/aromatic N) is 5. The molecule has 0 saturated heterocycles. The molecule has 10 nitrogen and oxygen atoms in total. The second-order valence-corrected chi connectivity index (χ2v) is 7.05. The topological polar surface area (TPSA) is 116 Å². The van der Waals surface area contributed by atoms with Crippen molar-refractivity contribution in [3.63, 3.8) is 0 Å². The monoisotopic (exact) mass is 415 g/mol. The number of ether oxygens (including phenoxy) is 2. The van der Waals surface area contributed by atoms with E-state index in [2.05, 4.69) is 30.7 Å². The van der Waals surface area contributed by atoms with Crippen molar-refractivity contribution in [2.75, 3.05) is 42.7 Å². The van der Waals surface area contributed by atoms with Crippen molar-refractivity contribution in [2.45, 2.75) is 19.0 Å². The predicted molar refractivity (Wildman–Crippen MR) is 109 cm³/mol. The molecule has 0 saturated carbocycles. The summed E-state index contributed by atoms with van der Waals surface area (Å²) in [6.07, 6.45) is 0. The highest BCUT2D eigenvalue weighted by molar-refractivity contribution is 7.99. The van der Waals surface area contributed by atoms with Gasteiger partial charge in [-0.05, 0) is 32.0 Å². The smallest absolute Gasteiger partial charge is 0.259 e. The SMILES string of the molecule is CCNc1nc(NCC)n2nc(SCC(=O)c3ccc4c(c3)OCCO4)nc2n1. The van der Waals surface area contributed by atoms with Gasteiger partial charge in [-0.25, -0.2) is 0 Å². The van der Waals surface area contributed by atoms with Gasteiger partial charge in [0.05, 0.1) is 5.75 Å². The molecule has 0 bridgehead atoms. The highest BCUT2D eigenvalue weighted by atomic mass is 32.2. The molecule has 1 aromatic carbocycles. The van der Waals surface area contributed by atoms with Gasteiger partial charge in [-0.2, -0.15) is 19.5 Å². The molecule has 0 amide bonds. The Morgan fingerprint density at radius 3 is 2.69 bits per heavy atom. The van der Waals surface area contributed by atoms with Gasteiger partial charge in [-0.3, -0.25) is 4.79 Å². The van der Waals surface area contributed by atoms with E-state index in [1.807, 2.05) is 13.8 Å². The van der Waals surface area contributed by atoms with Crippen LogP contribution in [0.2, 0.25) is 0 Å². The summed E-state index contributed by atoms with van der Waals surface area (Å²) >= 11 is 1.25. The summed E-state index contributed by atoms with van der Waals surface area (Å²) in [5, 5.41) is 11.1.